The zero-order chi connectivity index (χ0) is 16.9. The van der Waals surface area contributed by atoms with Crippen LogP contribution in [0, 0.1) is 0 Å². The van der Waals surface area contributed by atoms with E-state index in [0.29, 0.717) is 5.95 Å². The lowest BCUT2D eigenvalue weighted by Gasteiger charge is -2.26. The van der Waals surface area contributed by atoms with Crippen LogP contribution in [0.2, 0.25) is 5.02 Å². The third-order valence-corrected chi connectivity index (χ3v) is 4.34. The smallest absolute Gasteiger partial charge is 0.272 e. The Morgan fingerprint density at radius 1 is 1.25 bits per heavy atom. The standard InChI is InChI=1S/C17H20ClN5O/c1-12(14-7-3-4-8-19-14)21-16(24)15-13(18)11-20-17(22-15)23-9-5-2-6-10-23/h3-4,7-8,11-12H,2,5-6,9-10H2,1H3,(H,21,24)/t12-/m0/s1. The summed E-state index contributed by atoms with van der Waals surface area (Å²) >= 11 is 6.14. The topological polar surface area (TPSA) is 71.0 Å². The molecule has 3 rings (SSSR count). The van der Waals surface area contributed by atoms with Crippen molar-refractivity contribution in [3.8, 4) is 0 Å². The van der Waals surface area contributed by atoms with Gasteiger partial charge < -0.3 is 10.2 Å². The van der Waals surface area contributed by atoms with Crippen molar-refractivity contribution in [1.29, 1.82) is 0 Å². The minimum Gasteiger partial charge on any atom is -0.343 e. The van der Waals surface area contributed by atoms with Crippen LogP contribution in [0.1, 0.15) is 48.4 Å². The lowest BCUT2D eigenvalue weighted by Crippen LogP contribution is -2.33. The highest BCUT2D eigenvalue weighted by Crippen LogP contribution is 2.20. The minimum atomic E-state index is -0.321. The van der Waals surface area contributed by atoms with Crippen LogP contribution in [0.25, 0.3) is 0 Å². The van der Waals surface area contributed by atoms with Crippen molar-refractivity contribution in [1.82, 2.24) is 20.3 Å². The Balaban J connectivity index is 1.76. The molecule has 1 N–H and O–H groups in total. The van der Waals surface area contributed by atoms with Crippen molar-refractivity contribution in [3.05, 3.63) is 47.0 Å². The van der Waals surface area contributed by atoms with Gasteiger partial charge in [0.25, 0.3) is 5.91 Å². The van der Waals surface area contributed by atoms with E-state index in [2.05, 4.69) is 25.2 Å². The summed E-state index contributed by atoms with van der Waals surface area (Å²) < 4.78 is 0. The molecule has 0 bridgehead atoms. The van der Waals surface area contributed by atoms with Crippen molar-refractivity contribution in [2.75, 3.05) is 18.0 Å². The summed E-state index contributed by atoms with van der Waals surface area (Å²) in [5.74, 6) is 0.244. The highest BCUT2D eigenvalue weighted by Gasteiger charge is 2.20. The van der Waals surface area contributed by atoms with Gasteiger partial charge in [-0.05, 0) is 38.3 Å². The summed E-state index contributed by atoms with van der Waals surface area (Å²) in [5, 5.41) is 3.14. The molecule has 0 saturated carbocycles. The van der Waals surface area contributed by atoms with Crippen molar-refractivity contribution in [2.24, 2.45) is 0 Å². The van der Waals surface area contributed by atoms with Crippen LogP contribution in [0.4, 0.5) is 5.95 Å². The van der Waals surface area contributed by atoms with Gasteiger partial charge in [0.15, 0.2) is 5.69 Å². The second kappa shape index (κ2) is 7.57. The Morgan fingerprint density at radius 3 is 2.75 bits per heavy atom. The molecule has 3 heterocycles. The van der Waals surface area contributed by atoms with Crippen LogP contribution in [0.3, 0.4) is 0 Å². The van der Waals surface area contributed by atoms with Crippen molar-refractivity contribution in [2.45, 2.75) is 32.2 Å². The Labute approximate surface area is 146 Å². The van der Waals surface area contributed by atoms with E-state index in [1.165, 1.54) is 12.6 Å². The first-order valence-electron chi connectivity index (χ1n) is 8.14. The second-order valence-corrected chi connectivity index (χ2v) is 6.27. The number of carbonyl (C=O) groups is 1. The summed E-state index contributed by atoms with van der Waals surface area (Å²) in [6, 6.07) is 5.36. The Hall–Kier alpha value is -2.21. The molecule has 0 spiro atoms. The largest absolute Gasteiger partial charge is 0.343 e. The van der Waals surface area contributed by atoms with Gasteiger partial charge in [-0.1, -0.05) is 17.7 Å². The monoisotopic (exact) mass is 345 g/mol. The molecule has 0 unspecified atom stereocenters. The molecule has 1 saturated heterocycles. The number of rotatable bonds is 4. The van der Waals surface area contributed by atoms with Crippen LogP contribution < -0.4 is 10.2 Å². The zero-order valence-corrected chi connectivity index (χ0v) is 14.3. The number of carbonyl (C=O) groups excluding carboxylic acids is 1. The number of hydrogen-bond donors (Lipinski definition) is 1. The SMILES string of the molecule is C[C@H](NC(=O)c1nc(N2CCCCC2)ncc1Cl)c1ccccn1. The van der Waals surface area contributed by atoms with Crippen LogP contribution in [-0.4, -0.2) is 33.9 Å². The van der Waals surface area contributed by atoms with Gasteiger partial charge in [0, 0.05) is 19.3 Å². The van der Waals surface area contributed by atoms with E-state index in [9.17, 15) is 4.79 Å². The van der Waals surface area contributed by atoms with Gasteiger partial charge in [0.1, 0.15) is 0 Å². The number of halogens is 1. The van der Waals surface area contributed by atoms with E-state index < -0.39 is 0 Å². The fraction of sp³-hybridized carbons (Fsp3) is 0.412. The summed E-state index contributed by atoms with van der Waals surface area (Å²) in [7, 11) is 0. The maximum absolute atomic E-state index is 12.6. The maximum Gasteiger partial charge on any atom is 0.272 e. The molecular weight excluding hydrogens is 326 g/mol. The first-order valence-corrected chi connectivity index (χ1v) is 8.52. The van der Waals surface area contributed by atoms with Crippen LogP contribution >= 0.6 is 11.6 Å². The van der Waals surface area contributed by atoms with E-state index >= 15 is 0 Å². The highest BCUT2D eigenvalue weighted by molar-refractivity contribution is 6.33. The number of pyridine rings is 1. The molecule has 24 heavy (non-hydrogen) atoms. The average molecular weight is 346 g/mol. The first-order chi connectivity index (χ1) is 11.6. The van der Waals surface area contributed by atoms with Crippen molar-refractivity contribution >= 4 is 23.5 Å². The van der Waals surface area contributed by atoms with Gasteiger partial charge in [-0.25, -0.2) is 9.97 Å². The molecule has 2 aromatic heterocycles. The molecule has 1 atom stereocenters. The second-order valence-electron chi connectivity index (χ2n) is 5.86. The van der Waals surface area contributed by atoms with Crippen LogP contribution in [-0.2, 0) is 0 Å². The summed E-state index contributed by atoms with van der Waals surface area (Å²) in [5.41, 5.74) is 0.988. The molecular formula is C17H20ClN5O. The zero-order valence-electron chi connectivity index (χ0n) is 13.6. The summed E-state index contributed by atoms with van der Waals surface area (Å²) in [6.45, 7) is 3.70. The van der Waals surface area contributed by atoms with Gasteiger partial charge in [-0.15, -0.1) is 0 Å². The van der Waals surface area contributed by atoms with Crippen LogP contribution in [0.15, 0.2) is 30.6 Å². The number of hydrogen-bond acceptors (Lipinski definition) is 5. The molecule has 0 aliphatic carbocycles. The van der Waals surface area contributed by atoms with E-state index in [1.807, 2.05) is 25.1 Å². The highest BCUT2D eigenvalue weighted by atomic mass is 35.5. The number of amides is 1. The molecule has 1 amide bonds. The van der Waals surface area contributed by atoms with E-state index in [4.69, 9.17) is 11.6 Å². The number of anilines is 1. The van der Waals surface area contributed by atoms with Crippen molar-refractivity contribution < 1.29 is 4.79 Å². The molecule has 7 heteroatoms. The molecule has 1 aliphatic heterocycles. The van der Waals surface area contributed by atoms with Gasteiger partial charge in [-0.2, -0.15) is 0 Å². The molecule has 1 aliphatic rings. The summed E-state index contributed by atoms with van der Waals surface area (Å²) in [6.07, 6.45) is 6.65. The quantitative estimate of drug-likeness (QED) is 0.922. The third-order valence-electron chi connectivity index (χ3n) is 4.06. The van der Waals surface area contributed by atoms with Gasteiger partial charge >= 0.3 is 0 Å². The van der Waals surface area contributed by atoms with Crippen LogP contribution in [0.5, 0.6) is 0 Å². The maximum atomic E-state index is 12.6. The molecule has 6 nitrogen and oxygen atoms in total. The predicted octanol–water partition coefficient (Wildman–Crippen LogP) is 3.01. The lowest BCUT2D eigenvalue weighted by atomic mass is 10.1. The Bertz CT molecular complexity index is 703. The predicted molar refractivity (Wildman–Crippen MR) is 93.2 cm³/mol. The van der Waals surface area contributed by atoms with Crippen molar-refractivity contribution in [3.63, 3.8) is 0 Å². The number of aromatic nitrogens is 3. The molecule has 0 radical (unpaired) electrons. The van der Waals surface area contributed by atoms with E-state index in [0.717, 1.165) is 31.6 Å². The van der Waals surface area contributed by atoms with E-state index in [-0.39, 0.29) is 22.7 Å². The normalized spacial score (nSPS) is 15.8. The molecule has 1 fully saturated rings. The number of nitrogens with one attached hydrogen (secondary N) is 1. The fourth-order valence-corrected chi connectivity index (χ4v) is 2.91. The number of piperidine rings is 1. The average Bonchev–Trinajstić information content (AvgIpc) is 2.63. The molecule has 2 aromatic rings. The Morgan fingerprint density at radius 2 is 2.04 bits per heavy atom. The van der Waals surface area contributed by atoms with Gasteiger partial charge in [0.05, 0.1) is 23.0 Å². The Kier molecular flexibility index (Phi) is 5.25. The third kappa shape index (κ3) is 3.82. The minimum absolute atomic E-state index is 0.204. The number of nitrogens with zero attached hydrogens (tertiary/aromatic N) is 4. The molecule has 0 aromatic carbocycles. The first kappa shape index (κ1) is 16.6. The van der Waals surface area contributed by atoms with E-state index in [1.54, 1.807) is 6.20 Å². The van der Waals surface area contributed by atoms with Gasteiger partial charge in [0.2, 0.25) is 5.95 Å². The lowest BCUT2D eigenvalue weighted by molar-refractivity contribution is 0.0934. The molecule has 126 valence electrons. The van der Waals surface area contributed by atoms with Gasteiger partial charge in [-0.3, -0.25) is 9.78 Å². The summed E-state index contributed by atoms with van der Waals surface area (Å²) in [4.78, 5) is 27.6. The fourth-order valence-electron chi connectivity index (χ4n) is 2.73.